The first kappa shape index (κ1) is 18.5. The van der Waals surface area contributed by atoms with Gasteiger partial charge in [-0.3, -0.25) is 9.48 Å². The summed E-state index contributed by atoms with van der Waals surface area (Å²) in [6, 6.07) is 7.82. The second-order valence-corrected chi connectivity index (χ2v) is 7.85. The normalized spacial score (nSPS) is 14.8. The quantitative estimate of drug-likeness (QED) is 0.687. The predicted octanol–water partition coefficient (Wildman–Crippen LogP) is 3.36. The van der Waals surface area contributed by atoms with Gasteiger partial charge in [0.15, 0.2) is 0 Å². The molecule has 2 heterocycles. The summed E-state index contributed by atoms with van der Waals surface area (Å²) < 4.78 is 4.07. The number of imidazole rings is 1. The third-order valence-corrected chi connectivity index (χ3v) is 5.84. The molecule has 6 nitrogen and oxygen atoms in total. The van der Waals surface area contributed by atoms with Gasteiger partial charge in [-0.2, -0.15) is 5.10 Å². The van der Waals surface area contributed by atoms with Crippen LogP contribution in [-0.2, 0) is 20.0 Å². The molecular formula is C22H27N5O. The summed E-state index contributed by atoms with van der Waals surface area (Å²) in [7, 11) is 1.95. The summed E-state index contributed by atoms with van der Waals surface area (Å²) in [5.74, 6) is 1.01. The third kappa shape index (κ3) is 3.59. The predicted molar refractivity (Wildman–Crippen MR) is 109 cm³/mol. The van der Waals surface area contributed by atoms with Crippen molar-refractivity contribution in [3.63, 3.8) is 0 Å². The Kier molecular flexibility index (Phi) is 4.79. The average molecular weight is 377 g/mol. The molecule has 1 saturated carbocycles. The molecule has 146 valence electrons. The number of amides is 1. The molecule has 1 aliphatic carbocycles. The molecule has 0 atom stereocenters. The first-order chi connectivity index (χ1) is 13.5. The number of hydrogen-bond donors (Lipinski definition) is 1. The minimum absolute atomic E-state index is 0.0163. The van der Waals surface area contributed by atoms with Crippen molar-refractivity contribution in [3.8, 4) is 11.1 Å². The van der Waals surface area contributed by atoms with Crippen molar-refractivity contribution in [1.29, 1.82) is 0 Å². The minimum atomic E-state index is -0.0163. The van der Waals surface area contributed by atoms with Crippen molar-refractivity contribution in [2.24, 2.45) is 12.5 Å². The van der Waals surface area contributed by atoms with Gasteiger partial charge in [-0.15, -0.1) is 0 Å². The topological polar surface area (TPSA) is 64.7 Å². The molecule has 6 heteroatoms. The van der Waals surface area contributed by atoms with Crippen molar-refractivity contribution in [3.05, 3.63) is 59.9 Å². The zero-order valence-corrected chi connectivity index (χ0v) is 16.8. The van der Waals surface area contributed by atoms with E-state index in [0.29, 0.717) is 12.1 Å². The molecule has 0 spiro atoms. The number of aryl methyl sites for hydroxylation is 2. The molecular weight excluding hydrogens is 350 g/mol. The summed E-state index contributed by atoms with van der Waals surface area (Å²) in [5.41, 5.74) is 4.15. The average Bonchev–Trinajstić information content (AvgIpc) is 3.20. The van der Waals surface area contributed by atoms with E-state index < -0.39 is 0 Å². The number of nitrogens with zero attached hydrogens (tertiary/aromatic N) is 4. The van der Waals surface area contributed by atoms with Crippen molar-refractivity contribution in [2.45, 2.75) is 39.7 Å². The molecule has 1 aromatic carbocycles. The lowest BCUT2D eigenvalue weighted by Gasteiger charge is -2.18. The fourth-order valence-corrected chi connectivity index (χ4v) is 3.82. The molecule has 2 aromatic heterocycles. The number of benzene rings is 1. The zero-order chi connectivity index (χ0) is 19.7. The molecule has 0 unspecified atom stereocenters. The number of carbonyl (C=O) groups is 1. The molecule has 1 N–H and O–H groups in total. The molecule has 0 bridgehead atoms. The van der Waals surface area contributed by atoms with Crippen LogP contribution in [0.15, 0.2) is 42.9 Å². The number of hydrogen-bond acceptors (Lipinski definition) is 3. The van der Waals surface area contributed by atoms with E-state index in [9.17, 15) is 4.79 Å². The van der Waals surface area contributed by atoms with Crippen LogP contribution in [0.25, 0.3) is 11.1 Å². The lowest BCUT2D eigenvalue weighted by Crippen LogP contribution is -2.32. The lowest BCUT2D eigenvalue weighted by atomic mass is 10.0. The van der Waals surface area contributed by atoms with Crippen LogP contribution in [0.5, 0.6) is 0 Å². The third-order valence-electron chi connectivity index (χ3n) is 5.84. The van der Waals surface area contributed by atoms with Crippen LogP contribution < -0.4 is 5.32 Å². The first-order valence-corrected chi connectivity index (χ1v) is 9.88. The SMILES string of the molecule is CCc1c(-c2cccc(C(=O)NCC3(Cn4ccnc4C)CC3)c2)cnn1C. The van der Waals surface area contributed by atoms with Crippen molar-refractivity contribution in [2.75, 3.05) is 6.54 Å². The highest BCUT2D eigenvalue weighted by molar-refractivity contribution is 5.95. The molecule has 1 fully saturated rings. The minimum Gasteiger partial charge on any atom is -0.351 e. The fourth-order valence-electron chi connectivity index (χ4n) is 3.82. The van der Waals surface area contributed by atoms with Gasteiger partial charge < -0.3 is 9.88 Å². The number of aromatic nitrogens is 4. The van der Waals surface area contributed by atoms with E-state index in [1.165, 1.54) is 5.69 Å². The maximum atomic E-state index is 12.8. The Bertz CT molecular complexity index is 996. The number of nitrogens with one attached hydrogen (secondary N) is 1. The van der Waals surface area contributed by atoms with E-state index in [-0.39, 0.29) is 11.3 Å². The number of carbonyl (C=O) groups excluding carboxylic acids is 1. The summed E-state index contributed by atoms with van der Waals surface area (Å²) >= 11 is 0. The van der Waals surface area contributed by atoms with Gasteiger partial charge in [-0.05, 0) is 43.9 Å². The van der Waals surface area contributed by atoms with Crippen LogP contribution >= 0.6 is 0 Å². The Morgan fingerprint density at radius 3 is 2.82 bits per heavy atom. The maximum Gasteiger partial charge on any atom is 0.251 e. The molecule has 3 aromatic rings. The van der Waals surface area contributed by atoms with E-state index in [4.69, 9.17) is 0 Å². The standard InChI is InChI=1S/C22H27N5O/c1-4-20-19(13-25-26(20)3)17-6-5-7-18(12-17)21(28)24-14-22(8-9-22)15-27-11-10-23-16(27)2/h5-7,10-13H,4,8-9,14-15H2,1-3H3,(H,24,28). The van der Waals surface area contributed by atoms with Gasteiger partial charge in [-0.25, -0.2) is 4.98 Å². The maximum absolute atomic E-state index is 12.8. The van der Waals surface area contributed by atoms with Gasteiger partial charge in [0, 0.05) is 54.8 Å². The Morgan fingerprint density at radius 2 is 2.14 bits per heavy atom. The Morgan fingerprint density at radius 1 is 1.32 bits per heavy atom. The van der Waals surface area contributed by atoms with Crippen LogP contribution in [0, 0.1) is 12.3 Å². The monoisotopic (exact) mass is 377 g/mol. The van der Waals surface area contributed by atoms with Crippen LogP contribution in [0.2, 0.25) is 0 Å². The van der Waals surface area contributed by atoms with E-state index >= 15 is 0 Å². The van der Waals surface area contributed by atoms with Crippen LogP contribution in [-0.4, -0.2) is 31.8 Å². The van der Waals surface area contributed by atoms with Crippen LogP contribution in [0.1, 0.15) is 41.6 Å². The highest BCUT2D eigenvalue weighted by atomic mass is 16.1. The summed E-state index contributed by atoms with van der Waals surface area (Å²) in [6.07, 6.45) is 8.90. The second kappa shape index (κ2) is 7.26. The van der Waals surface area contributed by atoms with Crippen molar-refractivity contribution >= 4 is 5.91 Å². The Hall–Kier alpha value is -2.89. The van der Waals surface area contributed by atoms with E-state index in [1.807, 2.05) is 61.5 Å². The number of rotatable bonds is 7. The van der Waals surface area contributed by atoms with Gasteiger partial charge in [0.05, 0.1) is 6.20 Å². The smallest absolute Gasteiger partial charge is 0.251 e. The Labute approximate surface area is 165 Å². The van der Waals surface area contributed by atoms with Gasteiger partial charge >= 0.3 is 0 Å². The summed E-state index contributed by atoms with van der Waals surface area (Å²) in [5, 5.41) is 7.52. The van der Waals surface area contributed by atoms with Crippen LogP contribution in [0.4, 0.5) is 0 Å². The molecule has 1 aliphatic rings. The summed E-state index contributed by atoms with van der Waals surface area (Å²) in [6.45, 7) is 5.74. The molecule has 0 aliphatic heterocycles. The largest absolute Gasteiger partial charge is 0.351 e. The van der Waals surface area contributed by atoms with Crippen LogP contribution in [0.3, 0.4) is 0 Å². The van der Waals surface area contributed by atoms with Crippen molar-refractivity contribution < 1.29 is 4.79 Å². The second-order valence-electron chi connectivity index (χ2n) is 7.85. The van der Waals surface area contributed by atoms with E-state index in [0.717, 1.165) is 42.8 Å². The molecule has 28 heavy (non-hydrogen) atoms. The molecule has 0 radical (unpaired) electrons. The van der Waals surface area contributed by atoms with Gasteiger partial charge in [-0.1, -0.05) is 19.1 Å². The van der Waals surface area contributed by atoms with E-state index in [2.05, 4.69) is 26.9 Å². The molecule has 1 amide bonds. The van der Waals surface area contributed by atoms with Gasteiger partial charge in [0.2, 0.25) is 0 Å². The molecule has 0 saturated heterocycles. The fraction of sp³-hybridized carbons (Fsp3) is 0.409. The summed E-state index contributed by atoms with van der Waals surface area (Å²) in [4.78, 5) is 17.1. The van der Waals surface area contributed by atoms with Gasteiger partial charge in [0.25, 0.3) is 5.91 Å². The van der Waals surface area contributed by atoms with Gasteiger partial charge in [0.1, 0.15) is 5.82 Å². The highest BCUT2D eigenvalue weighted by Gasteiger charge is 2.43. The first-order valence-electron chi connectivity index (χ1n) is 9.88. The Balaban J connectivity index is 1.45. The lowest BCUT2D eigenvalue weighted by molar-refractivity contribution is 0.0943. The molecule has 4 rings (SSSR count). The highest BCUT2D eigenvalue weighted by Crippen LogP contribution is 2.46. The zero-order valence-electron chi connectivity index (χ0n) is 16.8. The van der Waals surface area contributed by atoms with Crippen molar-refractivity contribution in [1.82, 2.24) is 24.6 Å². The van der Waals surface area contributed by atoms with E-state index in [1.54, 1.807) is 0 Å².